The molecular weight excluding hydrogens is 310 g/mol. The molecular formula is C22H21NO2. The minimum absolute atomic E-state index is 0.0140. The average molecular weight is 331 g/mol. The van der Waals surface area contributed by atoms with Gasteiger partial charge in [-0.25, -0.2) is 0 Å². The largest absolute Gasteiger partial charge is 0.480 e. The van der Waals surface area contributed by atoms with E-state index in [9.17, 15) is 4.79 Å². The van der Waals surface area contributed by atoms with E-state index in [1.165, 1.54) is 5.56 Å². The molecule has 1 unspecified atom stereocenters. The van der Waals surface area contributed by atoms with Crippen LogP contribution in [-0.4, -0.2) is 18.6 Å². The van der Waals surface area contributed by atoms with Crippen LogP contribution in [0.3, 0.4) is 0 Å². The molecule has 0 aromatic heterocycles. The van der Waals surface area contributed by atoms with Crippen molar-refractivity contribution in [1.29, 1.82) is 0 Å². The summed E-state index contributed by atoms with van der Waals surface area (Å²) >= 11 is 0. The van der Waals surface area contributed by atoms with Crippen LogP contribution in [0.5, 0.6) is 5.75 Å². The molecule has 0 N–H and O–H groups in total. The number of rotatable bonds is 3. The van der Waals surface area contributed by atoms with Gasteiger partial charge >= 0.3 is 0 Å². The van der Waals surface area contributed by atoms with Gasteiger partial charge in [0, 0.05) is 17.6 Å². The maximum absolute atomic E-state index is 13.0. The van der Waals surface area contributed by atoms with Crippen molar-refractivity contribution in [3.8, 4) is 5.75 Å². The van der Waals surface area contributed by atoms with Crippen molar-refractivity contribution < 1.29 is 9.53 Å². The van der Waals surface area contributed by atoms with E-state index in [0.29, 0.717) is 0 Å². The molecule has 1 amide bonds. The molecule has 3 heteroatoms. The quantitative estimate of drug-likeness (QED) is 0.703. The van der Waals surface area contributed by atoms with Gasteiger partial charge < -0.3 is 9.64 Å². The Labute approximate surface area is 147 Å². The van der Waals surface area contributed by atoms with Crippen LogP contribution in [0.1, 0.15) is 18.9 Å². The van der Waals surface area contributed by atoms with Crippen LogP contribution in [0.25, 0.3) is 10.8 Å². The van der Waals surface area contributed by atoms with Crippen LogP contribution >= 0.6 is 0 Å². The summed E-state index contributed by atoms with van der Waals surface area (Å²) in [5, 5.41) is 2.15. The molecule has 0 aliphatic carbocycles. The molecule has 4 rings (SSSR count). The zero-order valence-electron chi connectivity index (χ0n) is 14.3. The van der Waals surface area contributed by atoms with Gasteiger partial charge in [0.1, 0.15) is 5.75 Å². The van der Waals surface area contributed by atoms with Gasteiger partial charge in [0.05, 0.1) is 0 Å². The first-order chi connectivity index (χ1) is 12.2. The third-order valence-electron chi connectivity index (χ3n) is 4.78. The van der Waals surface area contributed by atoms with E-state index in [4.69, 9.17) is 4.74 Å². The highest BCUT2D eigenvalue weighted by Gasteiger charge is 2.27. The molecule has 1 heterocycles. The fourth-order valence-corrected chi connectivity index (χ4v) is 3.52. The number of hydrogen-bond acceptors (Lipinski definition) is 2. The predicted molar refractivity (Wildman–Crippen MR) is 101 cm³/mol. The van der Waals surface area contributed by atoms with Crippen LogP contribution in [0.15, 0.2) is 66.7 Å². The number of anilines is 1. The molecule has 0 saturated heterocycles. The molecule has 0 radical (unpaired) electrons. The van der Waals surface area contributed by atoms with Crippen molar-refractivity contribution in [2.24, 2.45) is 0 Å². The predicted octanol–water partition coefficient (Wildman–Crippen LogP) is 4.59. The number of carbonyl (C=O) groups excluding carboxylic acids is 1. The van der Waals surface area contributed by atoms with Crippen molar-refractivity contribution in [2.75, 3.05) is 11.4 Å². The number of nitrogens with zero attached hydrogens (tertiary/aromatic N) is 1. The first kappa shape index (κ1) is 15.7. The highest BCUT2D eigenvalue weighted by molar-refractivity contribution is 5.98. The fraction of sp³-hybridized carbons (Fsp3) is 0.227. The topological polar surface area (TPSA) is 29.5 Å². The van der Waals surface area contributed by atoms with E-state index in [1.54, 1.807) is 0 Å². The number of hydrogen-bond donors (Lipinski definition) is 0. The van der Waals surface area contributed by atoms with E-state index < -0.39 is 6.10 Å². The number of benzene rings is 3. The summed E-state index contributed by atoms with van der Waals surface area (Å²) in [7, 11) is 0. The fourth-order valence-electron chi connectivity index (χ4n) is 3.52. The molecule has 3 aromatic rings. The van der Waals surface area contributed by atoms with Gasteiger partial charge in [-0.05, 0) is 42.8 Å². The minimum Gasteiger partial charge on any atom is -0.480 e. The Morgan fingerprint density at radius 1 is 1.00 bits per heavy atom. The summed E-state index contributed by atoms with van der Waals surface area (Å²) in [4.78, 5) is 14.9. The lowest BCUT2D eigenvalue weighted by molar-refractivity contribution is -0.124. The number of fused-ring (bicyclic) bond motifs is 2. The second-order valence-electron chi connectivity index (χ2n) is 6.46. The number of carbonyl (C=O) groups is 1. The second-order valence-corrected chi connectivity index (χ2v) is 6.46. The van der Waals surface area contributed by atoms with Crippen molar-refractivity contribution >= 4 is 22.4 Å². The molecule has 1 atom stereocenters. The maximum Gasteiger partial charge on any atom is 0.267 e. The highest BCUT2D eigenvalue weighted by atomic mass is 16.5. The molecule has 0 saturated carbocycles. The van der Waals surface area contributed by atoms with Gasteiger partial charge in [-0.2, -0.15) is 0 Å². The van der Waals surface area contributed by atoms with E-state index in [0.717, 1.165) is 41.6 Å². The monoisotopic (exact) mass is 331 g/mol. The maximum atomic E-state index is 13.0. The number of para-hydroxylation sites is 1. The van der Waals surface area contributed by atoms with Crippen molar-refractivity contribution in [3.63, 3.8) is 0 Å². The van der Waals surface area contributed by atoms with Crippen molar-refractivity contribution in [3.05, 3.63) is 72.3 Å². The summed E-state index contributed by atoms with van der Waals surface area (Å²) in [6, 6.07) is 22.2. The molecule has 0 fully saturated rings. The van der Waals surface area contributed by atoms with Gasteiger partial charge in [0.2, 0.25) is 0 Å². The zero-order valence-corrected chi connectivity index (χ0v) is 14.3. The Bertz CT molecular complexity index is 913. The summed E-state index contributed by atoms with van der Waals surface area (Å²) in [5.74, 6) is 0.768. The Balaban J connectivity index is 1.59. The molecule has 0 bridgehead atoms. The lowest BCUT2D eigenvalue weighted by atomic mass is 10.0. The van der Waals surface area contributed by atoms with E-state index in [-0.39, 0.29) is 5.91 Å². The van der Waals surface area contributed by atoms with Gasteiger partial charge in [0.25, 0.3) is 5.91 Å². The van der Waals surface area contributed by atoms with Crippen LogP contribution in [-0.2, 0) is 11.2 Å². The lowest BCUT2D eigenvalue weighted by Gasteiger charge is -2.31. The molecule has 126 valence electrons. The molecule has 0 spiro atoms. The number of aryl methyl sites for hydroxylation is 1. The molecule has 1 aliphatic rings. The zero-order chi connectivity index (χ0) is 17.2. The normalized spacial score (nSPS) is 14.8. The van der Waals surface area contributed by atoms with Crippen LogP contribution in [0, 0.1) is 0 Å². The summed E-state index contributed by atoms with van der Waals surface area (Å²) in [6.45, 7) is 2.58. The van der Waals surface area contributed by atoms with Crippen LogP contribution < -0.4 is 9.64 Å². The highest BCUT2D eigenvalue weighted by Crippen LogP contribution is 2.29. The Morgan fingerprint density at radius 3 is 2.68 bits per heavy atom. The smallest absolute Gasteiger partial charge is 0.267 e. The standard InChI is InChI=1S/C22H21NO2/c1-16(25-21-14-6-10-17-8-2-4-12-19(17)21)22(24)23-15-7-11-18-9-3-5-13-20(18)23/h2-6,8-10,12-14,16H,7,11,15H2,1H3. The first-order valence-electron chi connectivity index (χ1n) is 8.78. The van der Waals surface area contributed by atoms with E-state index in [1.807, 2.05) is 60.4 Å². The molecule has 3 nitrogen and oxygen atoms in total. The lowest BCUT2D eigenvalue weighted by Crippen LogP contribution is -2.43. The Morgan fingerprint density at radius 2 is 1.76 bits per heavy atom. The van der Waals surface area contributed by atoms with Crippen LogP contribution in [0.4, 0.5) is 5.69 Å². The Hall–Kier alpha value is -2.81. The minimum atomic E-state index is -0.531. The first-order valence-corrected chi connectivity index (χ1v) is 8.78. The van der Waals surface area contributed by atoms with E-state index >= 15 is 0 Å². The Kier molecular flexibility index (Phi) is 4.14. The van der Waals surface area contributed by atoms with Crippen molar-refractivity contribution in [2.45, 2.75) is 25.9 Å². The second kappa shape index (κ2) is 6.60. The van der Waals surface area contributed by atoms with E-state index in [2.05, 4.69) is 18.2 Å². The molecule has 1 aliphatic heterocycles. The number of ether oxygens (including phenoxy) is 1. The summed E-state index contributed by atoms with van der Waals surface area (Å²) in [6.07, 6.45) is 1.49. The summed E-state index contributed by atoms with van der Waals surface area (Å²) in [5.41, 5.74) is 2.26. The number of amides is 1. The van der Waals surface area contributed by atoms with Gasteiger partial charge in [0.15, 0.2) is 6.10 Å². The molecule has 3 aromatic carbocycles. The molecule has 25 heavy (non-hydrogen) atoms. The van der Waals surface area contributed by atoms with Gasteiger partial charge in [-0.15, -0.1) is 0 Å². The van der Waals surface area contributed by atoms with Gasteiger partial charge in [-0.1, -0.05) is 54.6 Å². The van der Waals surface area contributed by atoms with Gasteiger partial charge in [-0.3, -0.25) is 4.79 Å². The third kappa shape index (κ3) is 2.98. The third-order valence-corrected chi connectivity index (χ3v) is 4.78. The summed E-state index contributed by atoms with van der Waals surface area (Å²) < 4.78 is 6.07. The van der Waals surface area contributed by atoms with Crippen molar-refractivity contribution in [1.82, 2.24) is 0 Å². The average Bonchev–Trinajstić information content (AvgIpc) is 2.67. The van der Waals surface area contributed by atoms with Crippen LogP contribution in [0.2, 0.25) is 0 Å². The SMILES string of the molecule is CC(Oc1cccc2ccccc12)C(=O)N1CCCc2ccccc21.